The monoisotopic (exact) mass is 467 g/mol. The summed E-state index contributed by atoms with van der Waals surface area (Å²) in [6.45, 7) is 5.31. The lowest BCUT2D eigenvalue weighted by Gasteiger charge is -2.16. The van der Waals surface area contributed by atoms with E-state index in [4.69, 9.17) is 9.15 Å². The highest BCUT2D eigenvalue weighted by Crippen LogP contribution is 2.33. The quantitative estimate of drug-likeness (QED) is 0.434. The Hall–Kier alpha value is -3.43. The van der Waals surface area contributed by atoms with E-state index in [-0.39, 0.29) is 10.7 Å². The van der Waals surface area contributed by atoms with Gasteiger partial charge < -0.3 is 14.3 Å². The molecule has 8 nitrogen and oxygen atoms in total. The number of aromatic nitrogens is 3. The van der Waals surface area contributed by atoms with Gasteiger partial charge in [0.2, 0.25) is 5.82 Å². The molecule has 0 aliphatic rings. The number of hydrogen-bond acceptors (Lipinski definition) is 7. The summed E-state index contributed by atoms with van der Waals surface area (Å²) in [5.74, 6) is 1.90. The standard InChI is InChI=1S/C24H25N3O5S/c1-15-7-5-10-20(31-4)23(15)27-22(25-26-24(27)21-12-11-16(2)32-21)14-33(29,30)19-9-6-8-18(13-19)17(3)28/h5-13,17,28H,14H2,1-4H3/t17-/m0/s1. The van der Waals surface area contributed by atoms with E-state index in [1.54, 1.807) is 48.9 Å². The van der Waals surface area contributed by atoms with Crippen molar-refractivity contribution in [1.29, 1.82) is 0 Å². The van der Waals surface area contributed by atoms with Crippen LogP contribution < -0.4 is 4.74 Å². The maximum atomic E-state index is 13.3. The Balaban J connectivity index is 1.88. The van der Waals surface area contributed by atoms with Gasteiger partial charge >= 0.3 is 0 Å². The zero-order chi connectivity index (χ0) is 23.8. The Morgan fingerprint density at radius 2 is 1.85 bits per heavy atom. The molecule has 0 amide bonds. The average Bonchev–Trinajstić information content (AvgIpc) is 3.39. The van der Waals surface area contributed by atoms with E-state index in [2.05, 4.69) is 10.2 Å². The fourth-order valence-corrected chi connectivity index (χ4v) is 4.96. The second-order valence-corrected chi connectivity index (χ2v) is 9.81. The molecule has 0 spiro atoms. The van der Waals surface area contributed by atoms with Crippen molar-refractivity contribution >= 4 is 9.84 Å². The van der Waals surface area contributed by atoms with Crippen LogP contribution in [0.5, 0.6) is 5.75 Å². The van der Waals surface area contributed by atoms with Crippen molar-refractivity contribution in [2.75, 3.05) is 7.11 Å². The molecule has 2 aromatic heterocycles. The normalized spacial score (nSPS) is 12.6. The van der Waals surface area contributed by atoms with Crippen molar-refractivity contribution in [3.8, 4) is 23.0 Å². The van der Waals surface area contributed by atoms with Gasteiger partial charge in [-0.05, 0) is 62.2 Å². The molecule has 0 radical (unpaired) electrons. The summed E-state index contributed by atoms with van der Waals surface area (Å²) in [6.07, 6.45) is -0.783. The highest BCUT2D eigenvalue weighted by Gasteiger charge is 2.26. The van der Waals surface area contributed by atoms with Crippen LogP contribution in [0, 0.1) is 13.8 Å². The van der Waals surface area contributed by atoms with Crippen molar-refractivity contribution in [2.45, 2.75) is 37.5 Å². The van der Waals surface area contributed by atoms with E-state index < -0.39 is 21.7 Å². The SMILES string of the molecule is COc1cccc(C)c1-n1c(CS(=O)(=O)c2cccc([C@H](C)O)c2)nnc1-c1ccc(C)o1. The summed E-state index contributed by atoms with van der Waals surface area (Å²) in [6, 6.07) is 15.4. The van der Waals surface area contributed by atoms with Crippen LogP contribution >= 0.6 is 0 Å². The van der Waals surface area contributed by atoms with Crippen LogP contribution in [0.25, 0.3) is 17.3 Å². The van der Waals surface area contributed by atoms with Crippen molar-refractivity contribution in [3.63, 3.8) is 0 Å². The topological polar surface area (TPSA) is 107 Å². The zero-order valence-corrected chi connectivity index (χ0v) is 19.6. The summed E-state index contributed by atoms with van der Waals surface area (Å²) >= 11 is 0. The zero-order valence-electron chi connectivity index (χ0n) is 18.8. The number of ether oxygens (including phenoxy) is 1. The second-order valence-electron chi connectivity index (χ2n) is 7.82. The number of nitrogens with zero attached hydrogens (tertiary/aromatic N) is 3. The van der Waals surface area contributed by atoms with Gasteiger partial charge in [-0.1, -0.05) is 24.3 Å². The third-order valence-corrected chi connectivity index (χ3v) is 6.96. The molecule has 0 saturated carbocycles. The molecule has 2 heterocycles. The van der Waals surface area contributed by atoms with E-state index >= 15 is 0 Å². The fraction of sp³-hybridized carbons (Fsp3) is 0.250. The summed E-state index contributed by atoms with van der Waals surface area (Å²) < 4.78 is 39.7. The molecule has 0 aliphatic carbocycles. The van der Waals surface area contributed by atoms with E-state index in [0.717, 1.165) is 5.56 Å². The average molecular weight is 468 g/mol. The number of para-hydroxylation sites is 1. The summed E-state index contributed by atoms with van der Waals surface area (Å²) in [5, 5.41) is 18.4. The van der Waals surface area contributed by atoms with Gasteiger partial charge in [0, 0.05) is 0 Å². The predicted molar refractivity (Wildman–Crippen MR) is 123 cm³/mol. The third-order valence-electron chi connectivity index (χ3n) is 5.35. The molecule has 33 heavy (non-hydrogen) atoms. The van der Waals surface area contributed by atoms with E-state index in [1.165, 1.54) is 12.1 Å². The number of aliphatic hydroxyl groups excluding tert-OH is 1. The lowest BCUT2D eigenvalue weighted by atomic mass is 10.1. The second kappa shape index (κ2) is 8.84. The van der Waals surface area contributed by atoms with Gasteiger partial charge in [0.05, 0.1) is 23.8 Å². The van der Waals surface area contributed by atoms with E-state index in [1.807, 2.05) is 26.0 Å². The smallest absolute Gasteiger partial charge is 0.204 e. The van der Waals surface area contributed by atoms with Crippen molar-refractivity contribution in [2.24, 2.45) is 0 Å². The Morgan fingerprint density at radius 1 is 1.09 bits per heavy atom. The van der Waals surface area contributed by atoms with E-state index in [0.29, 0.717) is 34.3 Å². The summed E-state index contributed by atoms with van der Waals surface area (Å²) in [5.41, 5.74) is 2.01. The molecule has 4 rings (SSSR count). The Kier molecular flexibility index (Phi) is 6.09. The van der Waals surface area contributed by atoms with Crippen LogP contribution in [0.4, 0.5) is 0 Å². The molecule has 2 aromatic carbocycles. The molecule has 1 atom stereocenters. The molecule has 0 unspecified atom stereocenters. The molecule has 0 bridgehead atoms. The first-order valence-electron chi connectivity index (χ1n) is 10.4. The molecule has 0 aliphatic heterocycles. The number of rotatable bonds is 7. The minimum atomic E-state index is -3.80. The first-order chi connectivity index (χ1) is 15.7. The minimum absolute atomic E-state index is 0.0996. The van der Waals surface area contributed by atoms with Gasteiger partial charge in [0.15, 0.2) is 21.4 Å². The molecular formula is C24H25N3O5S. The molecule has 172 valence electrons. The number of hydrogen-bond donors (Lipinski definition) is 1. The maximum absolute atomic E-state index is 13.3. The van der Waals surface area contributed by atoms with Crippen LogP contribution in [0.1, 0.15) is 35.7 Å². The third kappa shape index (κ3) is 4.42. The fourth-order valence-electron chi connectivity index (χ4n) is 3.66. The summed E-state index contributed by atoms with van der Waals surface area (Å²) in [7, 11) is -2.25. The van der Waals surface area contributed by atoms with Gasteiger partial charge in [-0.2, -0.15) is 0 Å². The number of benzene rings is 2. The highest BCUT2D eigenvalue weighted by molar-refractivity contribution is 7.90. The number of methoxy groups -OCH3 is 1. The maximum Gasteiger partial charge on any atom is 0.204 e. The molecule has 9 heteroatoms. The van der Waals surface area contributed by atoms with Crippen LogP contribution in [0.2, 0.25) is 0 Å². The Labute approximate surface area is 192 Å². The number of aliphatic hydroxyl groups is 1. The molecule has 0 saturated heterocycles. The van der Waals surface area contributed by atoms with Crippen LogP contribution in [0.3, 0.4) is 0 Å². The predicted octanol–water partition coefficient (Wildman–Crippen LogP) is 4.18. The van der Waals surface area contributed by atoms with Crippen molar-refractivity contribution in [1.82, 2.24) is 14.8 Å². The van der Waals surface area contributed by atoms with Gasteiger partial charge in [-0.15, -0.1) is 10.2 Å². The van der Waals surface area contributed by atoms with Gasteiger partial charge in [0.25, 0.3) is 0 Å². The number of furan rings is 1. The largest absolute Gasteiger partial charge is 0.495 e. The van der Waals surface area contributed by atoms with Crippen molar-refractivity contribution in [3.05, 3.63) is 77.3 Å². The number of sulfone groups is 1. The molecule has 0 fully saturated rings. The van der Waals surface area contributed by atoms with Crippen LogP contribution in [0.15, 0.2) is 63.9 Å². The first-order valence-corrected chi connectivity index (χ1v) is 12.0. The van der Waals surface area contributed by atoms with Gasteiger partial charge in [-0.25, -0.2) is 8.42 Å². The Bertz CT molecular complexity index is 1400. The van der Waals surface area contributed by atoms with Crippen LogP contribution in [-0.4, -0.2) is 35.4 Å². The number of aryl methyl sites for hydroxylation is 2. The Morgan fingerprint density at radius 3 is 2.52 bits per heavy atom. The van der Waals surface area contributed by atoms with E-state index in [9.17, 15) is 13.5 Å². The molecule has 1 N–H and O–H groups in total. The highest BCUT2D eigenvalue weighted by atomic mass is 32.2. The molecular weight excluding hydrogens is 442 g/mol. The van der Waals surface area contributed by atoms with Gasteiger partial charge in [0.1, 0.15) is 17.3 Å². The lowest BCUT2D eigenvalue weighted by molar-refractivity contribution is 0.199. The van der Waals surface area contributed by atoms with Crippen molar-refractivity contribution < 1.29 is 22.7 Å². The van der Waals surface area contributed by atoms with Gasteiger partial charge in [-0.3, -0.25) is 4.57 Å². The first kappa shape index (κ1) is 22.8. The minimum Gasteiger partial charge on any atom is -0.495 e. The summed E-state index contributed by atoms with van der Waals surface area (Å²) in [4.78, 5) is 0.0996. The molecule has 4 aromatic rings. The lowest BCUT2D eigenvalue weighted by Crippen LogP contribution is -2.13. The van der Waals surface area contributed by atoms with Crippen LogP contribution in [-0.2, 0) is 15.6 Å².